The highest BCUT2D eigenvalue weighted by Crippen LogP contribution is 2.23. The Morgan fingerprint density at radius 2 is 1.93 bits per heavy atom. The van der Waals surface area contributed by atoms with Gasteiger partial charge in [-0.2, -0.15) is 0 Å². The summed E-state index contributed by atoms with van der Waals surface area (Å²) in [6.07, 6.45) is 0.811. The molecule has 1 N–H and O–H groups in total. The normalized spacial score (nSPS) is 11.6. The summed E-state index contributed by atoms with van der Waals surface area (Å²) < 4.78 is 5.65. The molecule has 5 nitrogen and oxygen atoms in total. The van der Waals surface area contributed by atoms with Gasteiger partial charge in [-0.15, -0.1) is 0 Å². The molecular weight excluding hydrogens is 411 g/mol. The Kier molecular flexibility index (Phi) is 8.80. The maximum Gasteiger partial charge on any atom is 0.261 e. The molecule has 0 heterocycles. The van der Waals surface area contributed by atoms with Crippen LogP contribution in [-0.2, 0) is 16.1 Å². The van der Waals surface area contributed by atoms with Crippen LogP contribution in [0.4, 0.5) is 0 Å². The minimum atomic E-state index is -0.679. The second-order valence-corrected chi connectivity index (χ2v) is 7.67. The standard InChI is InChI=1S/C22H26Cl2N2O3/c1-4-10-25-22(28)16(3)26(13-17-8-9-18(23)12-20(17)24)21(27)14-29-19-7-5-6-15(2)11-19/h5-9,11-12,16H,4,10,13-14H2,1-3H3,(H,25,28). The van der Waals surface area contributed by atoms with E-state index in [2.05, 4.69) is 5.32 Å². The SMILES string of the molecule is CCCNC(=O)C(C)N(Cc1ccc(Cl)cc1Cl)C(=O)COc1cccc(C)c1. The average molecular weight is 437 g/mol. The Bertz CT molecular complexity index is 858. The zero-order chi connectivity index (χ0) is 21.4. The van der Waals surface area contributed by atoms with E-state index in [0.29, 0.717) is 27.9 Å². The third kappa shape index (κ3) is 6.94. The van der Waals surface area contributed by atoms with E-state index in [9.17, 15) is 9.59 Å². The van der Waals surface area contributed by atoms with Crippen LogP contribution in [0.5, 0.6) is 5.75 Å². The van der Waals surface area contributed by atoms with Crippen molar-refractivity contribution in [2.75, 3.05) is 13.2 Å². The molecule has 2 rings (SSSR count). The summed E-state index contributed by atoms with van der Waals surface area (Å²) in [5.74, 6) is 0.0726. The van der Waals surface area contributed by atoms with Crippen molar-refractivity contribution < 1.29 is 14.3 Å². The first-order valence-electron chi connectivity index (χ1n) is 9.52. The minimum Gasteiger partial charge on any atom is -0.484 e. The Morgan fingerprint density at radius 1 is 1.17 bits per heavy atom. The zero-order valence-corrected chi connectivity index (χ0v) is 18.4. The van der Waals surface area contributed by atoms with Gasteiger partial charge in [-0.25, -0.2) is 0 Å². The second kappa shape index (κ2) is 11.1. The quantitative estimate of drug-likeness (QED) is 0.623. The van der Waals surface area contributed by atoms with E-state index in [4.69, 9.17) is 27.9 Å². The maximum atomic E-state index is 13.0. The average Bonchev–Trinajstić information content (AvgIpc) is 2.69. The van der Waals surface area contributed by atoms with Crippen molar-refractivity contribution in [3.05, 3.63) is 63.6 Å². The fourth-order valence-electron chi connectivity index (χ4n) is 2.75. The second-order valence-electron chi connectivity index (χ2n) is 6.83. The van der Waals surface area contributed by atoms with Gasteiger partial charge in [0.05, 0.1) is 0 Å². The number of amides is 2. The lowest BCUT2D eigenvalue weighted by Gasteiger charge is -2.29. The van der Waals surface area contributed by atoms with E-state index < -0.39 is 6.04 Å². The Hall–Kier alpha value is -2.24. The number of halogens is 2. The molecule has 0 saturated carbocycles. The van der Waals surface area contributed by atoms with Gasteiger partial charge in [0.25, 0.3) is 5.91 Å². The molecule has 156 valence electrons. The van der Waals surface area contributed by atoms with E-state index in [1.54, 1.807) is 31.2 Å². The summed E-state index contributed by atoms with van der Waals surface area (Å²) >= 11 is 12.2. The molecule has 0 aliphatic heterocycles. The smallest absolute Gasteiger partial charge is 0.261 e. The number of carbonyl (C=O) groups is 2. The highest BCUT2D eigenvalue weighted by Gasteiger charge is 2.27. The molecule has 0 saturated heterocycles. The molecular formula is C22H26Cl2N2O3. The number of nitrogens with one attached hydrogen (secondary N) is 1. The van der Waals surface area contributed by atoms with Crippen LogP contribution in [0.3, 0.4) is 0 Å². The highest BCUT2D eigenvalue weighted by molar-refractivity contribution is 6.35. The topological polar surface area (TPSA) is 58.6 Å². The molecule has 0 aliphatic carbocycles. The van der Waals surface area contributed by atoms with Gasteiger partial charge in [-0.3, -0.25) is 9.59 Å². The van der Waals surface area contributed by atoms with Gasteiger partial charge in [-0.1, -0.05) is 48.3 Å². The van der Waals surface area contributed by atoms with Crippen molar-refractivity contribution in [2.45, 2.75) is 39.8 Å². The van der Waals surface area contributed by atoms with Crippen LogP contribution in [0, 0.1) is 6.92 Å². The number of hydrogen-bond acceptors (Lipinski definition) is 3. The zero-order valence-electron chi connectivity index (χ0n) is 16.9. The number of aryl methyl sites for hydroxylation is 1. The molecule has 1 unspecified atom stereocenters. The Labute approximate surface area is 181 Å². The third-order valence-corrected chi connectivity index (χ3v) is 5.01. The molecule has 0 bridgehead atoms. The molecule has 0 spiro atoms. The first-order chi connectivity index (χ1) is 13.8. The van der Waals surface area contributed by atoms with E-state index in [1.165, 1.54) is 4.90 Å². The fraction of sp³-hybridized carbons (Fsp3) is 0.364. The van der Waals surface area contributed by atoms with Crippen molar-refractivity contribution >= 4 is 35.0 Å². The van der Waals surface area contributed by atoms with Crippen LogP contribution < -0.4 is 10.1 Å². The van der Waals surface area contributed by atoms with Crippen LogP contribution in [0.25, 0.3) is 0 Å². The molecule has 2 amide bonds. The van der Waals surface area contributed by atoms with E-state index in [1.807, 2.05) is 32.0 Å². The van der Waals surface area contributed by atoms with E-state index >= 15 is 0 Å². The Balaban J connectivity index is 2.17. The van der Waals surface area contributed by atoms with Gasteiger partial charge in [-0.05, 0) is 55.7 Å². The van der Waals surface area contributed by atoms with Crippen LogP contribution in [-0.4, -0.2) is 35.9 Å². The van der Waals surface area contributed by atoms with Crippen molar-refractivity contribution in [1.29, 1.82) is 0 Å². The van der Waals surface area contributed by atoms with Crippen LogP contribution in [0.2, 0.25) is 10.0 Å². The lowest BCUT2D eigenvalue weighted by molar-refractivity contribution is -0.142. The van der Waals surface area contributed by atoms with Gasteiger partial charge in [0.1, 0.15) is 11.8 Å². The van der Waals surface area contributed by atoms with E-state index in [-0.39, 0.29) is 25.0 Å². The summed E-state index contributed by atoms with van der Waals surface area (Å²) in [5.41, 5.74) is 1.74. The van der Waals surface area contributed by atoms with Gasteiger partial charge >= 0.3 is 0 Å². The van der Waals surface area contributed by atoms with Crippen molar-refractivity contribution in [3.63, 3.8) is 0 Å². The number of nitrogens with zero attached hydrogens (tertiary/aromatic N) is 1. The van der Waals surface area contributed by atoms with Crippen molar-refractivity contribution in [1.82, 2.24) is 10.2 Å². The van der Waals surface area contributed by atoms with Crippen LogP contribution >= 0.6 is 23.2 Å². The highest BCUT2D eigenvalue weighted by atomic mass is 35.5. The molecule has 0 radical (unpaired) electrons. The first-order valence-corrected chi connectivity index (χ1v) is 10.3. The van der Waals surface area contributed by atoms with Gasteiger partial charge in [0.15, 0.2) is 6.61 Å². The lowest BCUT2D eigenvalue weighted by Crippen LogP contribution is -2.49. The number of ether oxygens (including phenoxy) is 1. The van der Waals surface area contributed by atoms with Gasteiger partial charge in [0, 0.05) is 23.1 Å². The summed E-state index contributed by atoms with van der Waals surface area (Å²) in [7, 11) is 0. The number of carbonyl (C=O) groups excluding carboxylic acids is 2. The first kappa shape index (κ1) is 23.0. The summed E-state index contributed by atoms with van der Waals surface area (Å²) in [5, 5.41) is 3.78. The summed E-state index contributed by atoms with van der Waals surface area (Å²) in [6, 6.07) is 11.8. The molecule has 2 aromatic rings. The Morgan fingerprint density at radius 3 is 2.59 bits per heavy atom. The molecule has 0 fully saturated rings. The molecule has 7 heteroatoms. The summed E-state index contributed by atoms with van der Waals surface area (Å²) in [4.78, 5) is 26.9. The van der Waals surface area contributed by atoms with Gasteiger partial charge in [0.2, 0.25) is 5.91 Å². The van der Waals surface area contributed by atoms with Crippen molar-refractivity contribution in [2.24, 2.45) is 0 Å². The maximum absolute atomic E-state index is 13.0. The number of benzene rings is 2. The molecule has 0 aromatic heterocycles. The molecule has 1 atom stereocenters. The number of hydrogen-bond donors (Lipinski definition) is 1. The predicted octanol–water partition coefficient (Wildman–Crippen LogP) is 4.62. The number of rotatable bonds is 9. The van der Waals surface area contributed by atoms with Crippen molar-refractivity contribution in [3.8, 4) is 5.75 Å². The van der Waals surface area contributed by atoms with Crippen LogP contribution in [0.1, 0.15) is 31.4 Å². The lowest BCUT2D eigenvalue weighted by atomic mass is 10.1. The van der Waals surface area contributed by atoms with Gasteiger partial charge < -0.3 is 15.0 Å². The molecule has 29 heavy (non-hydrogen) atoms. The van der Waals surface area contributed by atoms with Crippen LogP contribution in [0.15, 0.2) is 42.5 Å². The molecule has 0 aliphatic rings. The summed E-state index contributed by atoms with van der Waals surface area (Å²) in [6.45, 7) is 6.15. The molecule has 2 aromatic carbocycles. The largest absolute Gasteiger partial charge is 0.484 e. The monoisotopic (exact) mass is 436 g/mol. The predicted molar refractivity (Wildman–Crippen MR) is 116 cm³/mol. The fourth-order valence-corrected chi connectivity index (χ4v) is 3.21. The van der Waals surface area contributed by atoms with E-state index in [0.717, 1.165) is 12.0 Å². The minimum absolute atomic E-state index is 0.173. The third-order valence-electron chi connectivity index (χ3n) is 4.42.